The first kappa shape index (κ1) is 13.6. The number of anilines is 1. The summed E-state index contributed by atoms with van der Waals surface area (Å²) in [5, 5.41) is 16.3. The number of nitrogens with zero attached hydrogens (tertiary/aromatic N) is 1. The smallest absolute Gasteiger partial charge is 0.339 e. The van der Waals surface area contributed by atoms with Crippen LogP contribution in [-0.4, -0.2) is 16.8 Å². The van der Waals surface area contributed by atoms with E-state index >= 15 is 0 Å². The van der Waals surface area contributed by atoms with Crippen molar-refractivity contribution in [3.63, 3.8) is 0 Å². The van der Waals surface area contributed by atoms with Crippen LogP contribution in [0.3, 0.4) is 0 Å². The number of hydrazone groups is 1. The van der Waals surface area contributed by atoms with E-state index in [2.05, 4.69) is 15.8 Å². The molecule has 0 bridgehead atoms. The number of carbonyl (C=O) groups is 1. The van der Waals surface area contributed by atoms with Crippen molar-refractivity contribution >= 4 is 17.4 Å². The minimum absolute atomic E-state index is 0.124. The summed E-state index contributed by atoms with van der Waals surface area (Å²) in [6.07, 6.45) is 0. The molecular formula is C15H15N3O2. The summed E-state index contributed by atoms with van der Waals surface area (Å²) in [6, 6.07) is 15.4. The van der Waals surface area contributed by atoms with Gasteiger partial charge >= 0.3 is 6.03 Å². The first-order valence-electron chi connectivity index (χ1n) is 6.11. The van der Waals surface area contributed by atoms with E-state index in [1.807, 2.05) is 18.2 Å². The van der Waals surface area contributed by atoms with Gasteiger partial charge in [-0.3, -0.25) is 0 Å². The largest absolute Gasteiger partial charge is 0.507 e. The topological polar surface area (TPSA) is 73.7 Å². The molecule has 0 heterocycles. The molecule has 0 fully saturated rings. The molecule has 0 spiro atoms. The van der Waals surface area contributed by atoms with Crippen LogP contribution in [0.4, 0.5) is 10.5 Å². The van der Waals surface area contributed by atoms with E-state index in [-0.39, 0.29) is 5.75 Å². The van der Waals surface area contributed by atoms with Crippen LogP contribution in [0.25, 0.3) is 0 Å². The first-order valence-corrected chi connectivity index (χ1v) is 6.11. The maximum absolute atomic E-state index is 11.6. The zero-order valence-corrected chi connectivity index (χ0v) is 11.0. The van der Waals surface area contributed by atoms with Crippen LogP contribution in [0.1, 0.15) is 12.5 Å². The van der Waals surface area contributed by atoms with Crippen molar-refractivity contribution in [2.24, 2.45) is 5.10 Å². The summed E-state index contributed by atoms with van der Waals surface area (Å²) in [7, 11) is 0. The summed E-state index contributed by atoms with van der Waals surface area (Å²) in [5.41, 5.74) is 4.16. The maximum Gasteiger partial charge on any atom is 0.339 e. The number of urea groups is 1. The van der Waals surface area contributed by atoms with Crippen molar-refractivity contribution in [3.8, 4) is 5.75 Å². The first-order chi connectivity index (χ1) is 9.66. The van der Waals surface area contributed by atoms with Crippen molar-refractivity contribution < 1.29 is 9.90 Å². The Balaban J connectivity index is 1.99. The Morgan fingerprint density at radius 3 is 2.40 bits per heavy atom. The highest BCUT2D eigenvalue weighted by Crippen LogP contribution is 2.16. The molecule has 0 aliphatic rings. The van der Waals surface area contributed by atoms with Gasteiger partial charge in [0.05, 0.1) is 5.71 Å². The van der Waals surface area contributed by atoms with E-state index in [4.69, 9.17) is 0 Å². The molecule has 0 aliphatic carbocycles. The van der Waals surface area contributed by atoms with E-state index in [0.29, 0.717) is 17.0 Å². The molecule has 0 radical (unpaired) electrons. The number of nitrogens with one attached hydrogen (secondary N) is 2. The molecule has 2 amide bonds. The van der Waals surface area contributed by atoms with Gasteiger partial charge < -0.3 is 10.4 Å². The lowest BCUT2D eigenvalue weighted by Crippen LogP contribution is -2.25. The van der Waals surface area contributed by atoms with Gasteiger partial charge in [0.25, 0.3) is 0 Å². The summed E-state index contributed by atoms with van der Waals surface area (Å²) in [6.45, 7) is 1.71. The molecule has 0 saturated carbocycles. The van der Waals surface area contributed by atoms with Crippen molar-refractivity contribution in [2.45, 2.75) is 6.92 Å². The number of rotatable bonds is 3. The number of hydrogen-bond donors (Lipinski definition) is 3. The monoisotopic (exact) mass is 269 g/mol. The predicted octanol–water partition coefficient (Wildman–Crippen LogP) is 2.94. The quantitative estimate of drug-likeness (QED) is 0.592. The molecule has 3 N–H and O–H groups in total. The molecule has 0 saturated heterocycles. The number of hydrogen-bond acceptors (Lipinski definition) is 3. The van der Waals surface area contributed by atoms with Crippen molar-refractivity contribution in [1.29, 1.82) is 0 Å². The summed E-state index contributed by atoms with van der Waals surface area (Å²) >= 11 is 0. The number of amides is 2. The normalized spacial score (nSPS) is 10.9. The zero-order chi connectivity index (χ0) is 14.4. The number of carbonyl (C=O) groups excluding carboxylic acids is 1. The van der Waals surface area contributed by atoms with Crippen LogP contribution >= 0.6 is 0 Å². The fraction of sp³-hybridized carbons (Fsp3) is 0.0667. The highest BCUT2D eigenvalue weighted by molar-refractivity contribution is 6.01. The van der Waals surface area contributed by atoms with Crippen LogP contribution < -0.4 is 10.7 Å². The standard InChI is InChI=1S/C15H15N3O2/c1-11(13-9-5-6-10-14(13)19)17-18-15(20)16-12-7-3-2-4-8-12/h2-10,19H,1H3,(H2,16,18,20)/b17-11-. The Morgan fingerprint density at radius 2 is 1.70 bits per heavy atom. The van der Waals surface area contributed by atoms with Gasteiger partial charge in [-0.25, -0.2) is 10.2 Å². The van der Waals surface area contributed by atoms with E-state index in [0.717, 1.165) is 0 Å². The van der Waals surface area contributed by atoms with Gasteiger partial charge in [-0.05, 0) is 31.2 Å². The SMILES string of the molecule is C/C(=N/NC(=O)Nc1ccccc1)c1ccccc1O. The summed E-state index contributed by atoms with van der Waals surface area (Å²) in [4.78, 5) is 11.6. The Kier molecular flexibility index (Phi) is 4.34. The molecule has 2 rings (SSSR count). The van der Waals surface area contributed by atoms with Gasteiger partial charge in [0.15, 0.2) is 0 Å². The van der Waals surface area contributed by atoms with Gasteiger partial charge in [0.1, 0.15) is 5.75 Å². The summed E-state index contributed by atoms with van der Waals surface area (Å²) < 4.78 is 0. The molecule has 5 nitrogen and oxygen atoms in total. The molecule has 20 heavy (non-hydrogen) atoms. The number of phenols is 1. The number of aromatic hydroxyl groups is 1. The number of para-hydroxylation sites is 2. The average molecular weight is 269 g/mol. The Bertz CT molecular complexity index is 624. The molecule has 2 aromatic rings. The lowest BCUT2D eigenvalue weighted by Gasteiger charge is -2.06. The number of benzene rings is 2. The lowest BCUT2D eigenvalue weighted by atomic mass is 10.1. The summed E-state index contributed by atoms with van der Waals surface area (Å²) in [5.74, 6) is 0.124. The molecule has 0 aliphatic heterocycles. The highest BCUT2D eigenvalue weighted by Gasteiger charge is 2.04. The fourth-order valence-corrected chi connectivity index (χ4v) is 1.65. The molecule has 0 atom stereocenters. The van der Waals surface area contributed by atoms with Gasteiger partial charge in [0, 0.05) is 11.3 Å². The molecule has 102 valence electrons. The van der Waals surface area contributed by atoms with Gasteiger partial charge in [-0.2, -0.15) is 5.10 Å². The van der Waals surface area contributed by atoms with Crippen molar-refractivity contribution in [2.75, 3.05) is 5.32 Å². The second-order valence-corrected chi connectivity index (χ2v) is 4.15. The zero-order valence-electron chi connectivity index (χ0n) is 11.0. The Morgan fingerprint density at radius 1 is 1.05 bits per heavy atom. The highest BCUT2D eigenvalue weighted by atomic mass is 16.3. The van der Waals surface area contributed by atoms with E-state index in [1.165, 1.54) is 0 Å². The molecular weight excluding hydrogens is 254 g/mol. The second kappa shape index (κ2) is 6.38. The van der Waals surface area contributed by atoms with Crippen LogP contribution in [0.2, 0.25) is 0 Å². The van der Waals surface area contributed by atoms with Crippen LogP contribution in [0, 0.1) is 0 Å². The van der Waals surface area contributed by atoms with Gasteiger partial charge in [0.2, 0.25) is 0 Å². The Labute approximate surface area is 117 Å². The van der Waals surface area contributed by atoms with Crippen molar-refractivity contribution in [3.05, 3.63) is 60.2 Å². The number of phenolic OH excluding ortho intramolecular Hbond substituents is 1. The van der Waals surface area contributed by atoms with Crippen molar-refractivity contribution in [1.82, 2.24) is 5.43 Å². The van der Waals surface area contributed by atoms with Crippen LogP contribution in [0.5, 0.6) is 5.75 Å². The molecule has 0 unspecified atom stereocenters. The Hall–Kier alpha value is -2.82. The third-order valence-corrected chi connectivity index (χ3v) is 2.65. The third kappa shape index (κ3) is 3.58. The third-order valence-electron chi connectivity index (χ3n) is 2.65. The average Bonchev–Trinajstić information content (AvgIpc) is 2.46. The van der Waals surface area contributed by atoms with E-state index in [1.54, 1.807) is 43.3 Å². The van der Waals surface area contributed by atoms with Crippen LogP contribution in [-0.2, 0) is 0 Å². The maximum atomic E-state index is 11.6. The molecule has 0 aromatic heterocycles. The molecule has 5 heteroatoms. The minimum Gasteiger partial charge on any atom is -0.507 e. The molecule has 2 aromatic carbocycles. The van der Waals surface area contributed by atoms with Gasteiger partial charge in [-0.1, -0.05) is 30.3 Å². The van der Waals surface area contributed by atoms with E-state index in [9.17, 15) is 9.90 Å². The van der Waals surface area contributed by atoms with Gasteiger partial charge in [-0.15, -0.1) is 0 Å². The predicted molar refractivity (Wildman–Crippen MR) is 78.9 cm³/mol. The van der Waals surface area contributed by atoms with Crippen LogP contribution in [0.15, 0.2) is 59.7 Å². The lowest BCUT2D eigenvalue weighted by molar-refractivity contribution is 0.252. The fourth-order valence-electron chi connectivity index (χ4n) is 1.65. The second-order valence-electron chi connectivity index (χ2n) is 4.15. The van der Waals surface area contributed by atoms with E-state index < -0.39 is 6.03 Å². The minimum atomic E-state index is -0.439.